The summed E-state index contributed by atoms with van der Waals surface area (Å²) in [6.07, 6.45) is 1.48. The van der Waals surface area contributed by atoms with Crippen molar-refractivity contribution in [2.24, 2.45) is 0 Å². The number of halogens is 1. The molecule has 1 heterocycles. The zero-order valence-corrected chi connectivity index (χ0v) is 13.4. The van der Waals surface area contributed by atoms with Crippen LogP contribution in [0.1, 0.15) is 24.0 Å². The number of hydrogen-bond acceptors (Lipinski definition) is 3. The average molecular weight is 318 g/mol. The highest BCUT2D eigenvalue weighted by Gasteiger charge is 2.30. The Labute approximate surface area is 125 Å². The van der Waals surface area contributed by atoms with E-state index in [1.54, 1.807) is 13.1 Å². The van der Waals surface area contributed by atoms with Crippen molar-refractivity contribution in [2.45, 2.75) is 36.6 Å². The molecule has 0 bridgehead atoms. The summed E-state index contributed by atoms with van der Waals surface area (Å²) in [5.74, 6) is 0.309. The second-order valence-electron chi connectivity index (χ2n) is 5.10. The Morgan fingerprint density at radius 2 is 2.00 bits per heavy atom. The lowest BCUT2D eigenvalue weighted by atomic mass is 10.1. The fourth-order valence-electron chi connectivity index (χ4n) is 2.41. The van der Waals surface area contributed by atoms with Crippen LogP contribution in [0.3, 0.4) is 0 Å². The molecule has 0 aliphatic carbocycles. The molecule has 112 valence electrons. The van der Waals surface area contributed by atoms with E-state index in [0.29, 0.717) is 24.0 Å². The average Bonchev–Trinajstić information content (AvgIpc) is 2.47. The molecule has 20 heavy (non-hydrogen) atoms. The molecule has 1 saturated heterocycles. The van der Waals surface area contributed by atoms with E-state index in [4.69, 9.17) is 16.3 Å². The molecule has 2 rings (SSSR count). The van der Waals surface area contributed by atoms with Gasteiger partial charge in [0.25, 0.3) is 0 Å². The van der Waals surface area contributed by atoms with Crippen molar-refractivity contribution in [3.05, 3.63) is 29.3 Å². The quantitative estimate of drug-likeness (QED) is 0.802. The maximum atomic E-state index is 12.8. The normalized spacial score (nSPS) is 17.6. The largest absolute Gasteiger partial charge is 0.381 e. The van der Waals surface area contributed by atoms with Crippen molar-refractivity contribution in [2.75, 3.05) is 20.3 Å². The minimum atomic E-state index is -3.48. The Morgan fingerprint density at radius 1 is 1.35 bits per heavy atom. The zero-order valence-electron chi connectivity index (χ0n) is 11.8. The van der Waals surface area contributed by atoms with Gasteiger partial charge in [-0.1, -0.05) is 12.1 Å². The number of benzene rings is 1. The second kappa shape index (κ2) is 6.43. The van der Waals surface area contributed by atoms with Gasteiger partial charge < -0.3 is 4.74 Å². The number of hydrogen-bond donors (Lipinski definition) is 0. The first kappa shape index (κ1) is 15.8. The van der Waals surface area contributed by atoms with E-state index in [1.165, 1.54) is 4.31 Å². The number of nitrogens with zero attached hydrogens (tertiary/aromatic N) is 1. The summed E-state index contributed by atoms with van der Waals surface area (Å²) >= 11 is 5.80. The molecule has 6 heteroatoms. The van der Waals surface area contributed by atoms with Crippen molar-refractivity contribution in [1.29, 1.82) is 0 Å². The molecule has 0 radical (unpaired) electrons. The third kappa shape index (κ3) is 3.17. The van der Waals surface area contributed by atoms with Crippen molar-refractivity contribution >= 4 is 21.6 Å². The Morgan fingerprint density at radius 3 is 2.60 bits per heavy atom. The van der Waals surface area contributed by atoms with Crippen LogP contribution in [0.2, 0.25) is 0 Å². The minimum Gasteiger partial charge on any atom is -0.381 e. The summed E-state index contributed by atoms with van der Waals surface area (Å²) in [6, 6.07) is 5.35. The molecule has 0 spiro atoms. The molecular weight excluding hydrogens is 298 g/mol. The van der Waals surface area contributed by atoms with Gasteiger partial charge in [-0.05, 0) is 37.0 Å². The SMILES string of the molecule is Cc1ccc(CCl)cc1S(=O)(=O)N(C)C1CCOCC1. The first-order valence-corrected chi connectivity index (χ1v) is 8.65. The molecule has 0 unspecified atom stereocenters. The highest BCUT2D eigenvalue weighted by molar-refractivity contribution is 7.89. The van der Waals surface area contributed by atoms with Gasteiger partial charge in [-0.3, -0.25) is 0 Å². The van der Waals surface area contributed by atoms with Crippen molar-refractivity contribution in [1.82, 2.24) is 4.31 Å². The van der Waals surface area contributed by atoms with Gasteiger partial charge in [0.15, 0.2) is 0 Å². The molecule has 4 nitrogen and oxygen atoms in total. The lowest BCUT2D eigenvalue weighted by Gasteiger charge is -2.30. The van der Waals surface area contributed by atoms with Crippen LogP contribution in [0, 0.1) is 6.92 Å². The van der Waals surface area contributed by atoms with E-state index in [-0.39, 0.29) is 6.04 Å². The standard InChI is InChI=1S/C14H20ClNO3S/c1-11-3-4-12(10-15)9-14(11)20(17,18)16(2)13-5-7-19-8-6-13/h3-4,9,13H,5-8,10H2,1-2H3. The minimum absolute atomic E-state index is 0.00723. The predicted molar refractivity (Wildman–Crippen MR) is 79.5 cm³/mol. The third-order valence-corrected chi connectivity index (χ3v) is 6.13. The summed E-state index contributed by atoms with van der Waals surface area (Å²) in [5.41, 5.74) is 1.56. The van der Waals surface area contributed by atoms with Crippen LogP contribution in [0.15, 0.2) is 23.1 Å². The van der Waals surface area contributed by atoms with Crippen LogP contribution in [-0.4, -0.2) is 39.0 Å². The van der Waals surface area contributed by atoms with Gasteiger partial charge in [0.2, 0.25) is 10.0 Å². The van der Waals surface area contributed by atoms with Gasteiger partial charge in [-0.2, -0.15) is 4.31 Å². The maximum absolute atomic E-state index is 12.8. The molecular formula is C14H20ClNO3S. The second-order valence-corrected chi connectivity index (χ2v) is 7.33. The van der Waals surface area contributed by atoms with Gasteiger partial charge in [-0.25, -0.2) is 8.42 Å². The summed E-state index contributed by atoms with van der Waals surface area (Å²) in [7, 11) is -1.83. The highest BCUT2D eigenvalue weighted by atomic mass is 35.5. The first-order chi connectivity index (χ1) is 9.46. The van der Waals surface area contributed by atoms with Crippen molar-refractivity contribution < 1.29 is 13.2 Å². The van der Waals surface area contributed by atoms with Gasteiger partial charge >= 0.3 is 0 Å². The van der Waals surface area contributed by atoms with E-state index >= 15 is 0 Å². The van der Waals surface area contributed by atoms with E-state index in [2.05, 4.69) is 0 Å². The van der Waals surface area contributed by atoms with Crippen molar-refractivity contribution in [3.8, 4) is 0 Å². The van der Waals surface area contributed by atoms with Gasteiger partial charge in [-0.15, -0.1) is 11.6 Å². The van der Waals surface area contributed by atoms with Crippen molar-refractivity contribution in [3.63, 3.8) is 0 Å². The van der Waals surface area contributed by atoms with E-state index in [9.17, 15) is 8.42 Å². The molecule has 0 aromatic heterocycles. The zero-order chi connectivity index (χ0) is 14.8. The highest BCUT2D eigenvalue weighted by Crippen LogP contribution is 2.25. The number of ether oxygens (including phenoxy) is 1. The molecule has 1 aromatic carbocycles. The lowest BCUT2D eigenvalue weighted by molar-refractivity contribution is 0.0632. The van der Waals surface area contributed by atoms with Crippen LogP contribution in [0.25, 0.3) is 0 Å². The maximum Gasteiger partial charge on any atom is 0.243 e. The van der Waals surface area contributed by atoms with E-state index in [0.717, 1.165) is 24.0 Å². The van der Waals surface area contributed by atoms with Crippen LogP contribution in [0.5, 0.6) is 0 Å². The lowest BCUT2D eigenvalue weighted by Crippen LogP contribution is -2.40. The van der Waals surface area contributed by atoms with Gasteiger partial charge in [0.1, 0.15) is 0 Å². The van der Waals surface area contributed by atoms with Gasteiger partial charge in [0.05, 0.1) is 4.90 Å². The Balaban J connectivity index is 2.33. The summed E-state index contributed by atoms with van der Waals surface area (Å²) in [5, 5.41) is 0. The molecule has 1 aliphatic rings. The molecule has 0 atom stereocenters. The fraction of sp³-hybridized carbons (Fsp3) is 0.571. The first-order valence-electron chi connectivity index (χ1n) is 6.68. The molecule has 0 saturated carbocycles. The molecule has 1 fully saturated rings. The van der Waals surface area contributed by atoms with Crippen LogP contribution >= 0.6 is 11.6 Å². The number of sulfonamides is 1. The number of rotatable bonds is 4. The molecule has 0 amide bonds. The Bertz CT molecular complexity index is 568. The Kier molecular flexibility index (Phi) is 5.07. The number of aryl methyl sites for hydroxylation is 1. The number of alkyl halides is 1. The summed E-state index contributed by atoms with van der Waals surface area (Å²) in [4.78, 5) is 0.352. The van der Waals surface area contributed by atoms with Crippen LogP contribution in [-0.2, 0) is 20.6 Å². The van der Waals surface area contributed by atoms with Crippen LogP contribution in [0.4, 0.5) is 0 Å². The van der Waals surface area contributed by atoms with E-state index in [1.807, 2.05) is 19.1 Å². The summed E-state index contributed by atoms with van der Waals surface area (Å²) in [6.45, 7) is 3.04. The smallest absolute Gasteiger partial charge is 0.243 e. The molecule has 1 aromatic rings. The Hall–Kier alpha value is -0.620. The van der Waals surface area contributed by atoms with Gasteiger partial charge in [0, 0.05) is 32.2 Å². The molecule has 1 aliphatic heterocycles. The fourth-order valence-corrected chi connectivity index (χ4v) is 4.26. The predicted octanol–water partition coefficient (Wildman–Crippen LogP) is 2.53. The molecule has 0 N–H and O–H groups in total. The topological polar surface area (TPSA) is 46.6 Å². The van der Waals surface area contributed by atoms with E-state index < -0.39 is 10.0 Å². The monoisotopic (exact) mass is 317 g/mol. The van der Waals surface area contributed by atoms with Crippen LogP contribution < -0.4 is 0 Å². The third-order valence-electron chi connectivity index (χ3n) is 3.77. The summed E-state index contributed by atoms with van der Waals surface area (Å²) < 4.78 is 32.3.